The molecule has 1 N–H and O–H groups in total. The molecule has 1 nitrogen and oxygen atoms in total. The van der Waals surface area contributed by atoms with E-state index in [1.165, 1.54) is 0 Å². The van der Waals surface area contributed by atoms with Crippen molar-refractivity contribution in [2.75, 3.05) is 0 Å². The molecule has 0 aromatic carbocycles. The maximum atomic E-state index is 7.75. The number of hydrogen-bond donors (Lipinski definition) is 1. The molecule has 0 radical (unpaired) electrons. The molecule has 0 aliphatic carbocycles. The molecule has 0 spiro atoms. The van der Waals surface area contributed by atoms with Crippen molar-refractivity contribution in [3.8, 4) is 0 Å². The molecule has 0 fully saturated rings. The van der Waals surface area contributed by atoms with Gasteiger partial charge < -0.3 is 5.11 Å². The summed E-state index contributed by atoms with van der Waals surface area (Å²) < 4.78 is 0. The summed E-state index contributed by atoms with van der Waals surface area (Å²) in [6.07, 6.45) is 0.750. The number of rotatable bonds is 1. The van der Waals surface area contributed by atoms with Crippen molar-refractivity contribution in [1.29, 1.82) is 0 Å². The standard InChI is InChI=1S/C3H7O.Ni/c1-2-3-4;/h3-4H,2H2,1H3;/q-1;. The Morgan fingerprint density at radius 3 is 2.00 bits per heavy atom. The third-order valence-corrected chi connectivity index (χ3v) is 0.183. The van der Waals surface area contributed by atoms with E-state index in [-0.39, 0.29) is 16.5 Å². The van der Waals surface area contributed by atoms with Crippen LogP contribution in [0.4, 0.5) is 0 Å². The number of hydrogen-bond acceptors (Lipinski definition) is 1. The van der Waals surface area contributed by atoms with Gasteiger partial charge in [-0.25, -0.2) is 6.61 Å². The van der Waals surface area contributed by atoms with Crippen LogP contribution in [0.25, 0.3) is 0 Å². The smallest absolute Gasteiger partial charge is 0 e. The van der Waals surface area contributed by atoms with Crippen LogP contribution in [0.5, 0.6) is 0 Å². The zero-order valence-electron chi connectivity index (χ0n) is 3.05. The maximum absolute atomic E-state index is 7.75. The molecule has 0 bridgehead atoms. The average molecular weight is 118 g/mol. The van der Waals surface area contributed by atoms with Crippen LogP contribution in [0.2, 0.25) is 0 Å². The van der Waals surface area contributed by atoms with E-state index >= 15 is 0 Å². The molecule has 0 unspecified atom stereocenters. The molecule has 0 amide bonds. The largest absolute Gasteiger partial charge is 0.566 e. The van der Waals surface area contributed by atoms with Crippen molar-refractivity contribution >= 4 is 0 Å². The molecule has 2 heteroatoms. The van der Waals surface area contributed by atoms with Crippen molar-refractivity contribution in [1.82, 2.24) is 0 Å². The van der Waals surface area contributed by atoms with Crippen LogP contribution in [0.3, 0.4) is 0 Å². The minimum atomic E-state index is 0. The first kappa shape index (κ1) is 9.07. The zero-order chi connectivity index (χ0) is 3.41. The molecular formula is C3H7NiO-. The Kier molecular flexibility index (Phi) is 16.0. The van der Waals surface area contributed by atoms with Crippen LogP contribution in [0.15, 0.2) is 0 Å². The van der Waals surface area contributed by atoms with E-state index in [0.29, 0.717) is 0 Å². The van der Waals surface area contributed by atoms with Gasteiger partial charge in [-0.3, -0.25) is 0 Å². The molecule has 0 aromatic rings. The summed E-state index contributed by atoms with van der Waals surface area (Å²) in [5, 5.41) is 7.75. The molecule has 36 valence electrons. The summed E-state index contributed by atoms with van der Waals surface area (Å²) in [7, 11) is 0. The molecule has 0 rings (SSSR count). The van der Waals surface area contributed by atoms with Crippen LogP contribution < -0.4 is 0 Å². The van der Waals surface area contributed by atoms with E-state index in [1.54, 1.807) is 0 Å². The van der Waals surface area contributed by atoms with E-state index in [4.69, 9.17) is 5.11 Å². The molecule has 0 aliphatic rings. The van der Waals surface area contributed by atoms with E-state index in [1.807, 2.05) is 6.92 Å². The molecule has 0 heterocycles. The summed E-state index contributed by atoms with van der Waals surface area (Å²) in [5.41, 5.74) is 0. The SMILES string of the molecule is CC[CH-]O.[Ni]. The van der Waals surface area contributed by atoms with Gasteiger partial charge in [0, 0.05) is 16.5 Å². The predicted octanol–water partition coefficient (Wildman–Crippen LogP) is 0.928. The Hall–Kier alpha value is 0.454. The van der Waals surface area contributed by atoms with Gasteiger partial charge in [0.1, 0.15) is 0 Å². The molecular weight excluding hydrogens is 111 g/mol. The van der Waals surface area contributed by atoms with Gasteiger partial charge in [0.25, 0.3) is 0 Å². The van der Waals surface area contributed by atoms with E-state index in [0.717, 1.165) is 13.0 Å². The van der Waals surface area contributed by atoms with Gasteiger partial charge in [0.05, 0.1) is 0 Å². The van der Waals surface area contributed by atoms with Gasteiger partial charge in [-0.15, -0.1) is 0 Å². The summed E-state index contributed by atoms with van der Waals surface area (Å²) in [4.78, 5) is 0. The normalized spacial score (nSPS) is 6.00. The Bertz CT molecular complexity index is 8.85. The quantitative estimate of drug-likeness (QED) is 0.400. The topological polar surface area (TPSA) is 20.2 Å². The fourth-order valence-corrected chi connectivity index (χ4v) is 0. The minimum Gasteiger partial charge on any atom is -0.566 e. The second kappa shape index (κ2) is 8.82. The van der Waals surface area contributed by atoms with Crippen LogP contribution in [-0.4, -0.2) is 5.11 Å². The molecule has 0 atom stereocenters. The first-order valence-electron chi connectivity index (χ1n) is 1.37. The Morgan fingerprint density at radius 1 is 1.80 bits per heavy atom. The van der Waals surface area contributed by atoms with Gasteiger partial charge in [-0.1, -0.05) is 6.92 Å². The van der Waals surface area contributed by atoms with Crippen LogP contribution in [-0.2, 0) is 16.5 Å². The van der Waals surface area contributed by atoms with Gasteiger partial charge in [-0.2, -0.15) is 6.42 Å². The van der Waals surface area contributed by atoms with Crippen LogP contribution in [0.1, 0.15) is 13.3 Å². The van der Waals surface area contributed by atoms with Crippen molar-refractivity contribution < 1.29 is 21.6 Å². The third-order valence-electron chi connectivity index (χ3n) is 0.183. The third kappa shape index (κ3) is 12.7. The first-order chi connectivity index (χ1) is 1.91. The predicted molar refractivity (Wildman–Crippen MR) is 16.5 cm³/mol. The van der Waals surface area contributed by atoms with E-state index < -0.39 is 0 Å². The summed E-state index contributed by atoms with van der Waals surface area (Å²) in [6, 6.07) is 0. The molecule has 0 aliphatic heterocycles. The minimum absolute atomic E-state index is 0. The fraction of sp³-hybridized carbons (Fsp3) is 0.667. The second-order valence-electron chi connectivity index (χ2n) is 0.591. The molecule has 5 heavy (non-hydrogen) atoms. The van der Waals surface area contributed by atoms with Crippen molar-refractivity contribution in [2.24, 2.45) is 0 Å². The van der Waals surface area contributed by atoms with E-state index in [2.05, 4.69) is 0 Å². The van der Waals surface area contributed by atoms with Gasteiger partial charge >= 0.3 is 0 Å². The van der Waals surface area contributed by atoms with Gasteiger partial charge in [-0.05, 0) is 0 Å². The van der Waals surface area contributed by atoms with Crippen molar-refractivity contribution in [2.45, 2.75) is 13.3 Å². The summed E-state index contributed by atoms with van der Waals surface area (Å²) in [6.45, 7) is 3.00. The van der Waals surface area contributed by atoms with Crippen molar-refractivity contribution in [3.05, 3.63) is 6.61 Å². The average Bonchev–Trinajstić information content (AvgIpc) is 1.37. The van der Waals surface area contributed by atoms with E-state index in [9.17, 15) is 0 Å². The van der Waals surface area contributed by atoms with Crippen LogP contribution >= 0.6 is 0 Å². The Morgan fingerprint density at radius 2 is 2.00 bits per heavy atom. The Labute approximate surface area is 42.3 Å². The molecule has 0 saturated heterocycles. The van der Waals surface area contributed by atoms with Gasteiger partial charge in [0.15, 0.2) is 0 Å². The second-order valence-corrected chi connectivity index (χ2v) is 0.591. The number of aliphatic hydroxyl groups excluding tert-OH is 1. The maximum Gasteiger partial charge on any atom is 0 e. The Balaban J connectivity index is 0. The first-order valence-corrected chi connectivity index (χ1v) is 1.37. The van der Waals surface area contributed by atoms with Crippen molar-refractivity contribution in [3.63, 3.8) is 0 Å². The monoisotopic (exact) mass is 117 g/mol. The molecule has 0 aromatic heterocycles. The fourth-order valence-electron chi connectivity index (χ4n) is 0. The zero-order valence-corrected chi connectivity index (χ0v) is 4.04. The summed E-state index contributed by atoms with van der Waals surface area (Å²) >= 11 is 0. The van der Waals surface area contributed by atoms with Crippen LogP contribution in [0, 0.1) is 6.61 Å². The summed E-state index contributed by atoms with van der Waals surface area (Å²) in [5.74, 6) is 0. The molecule has 0 saturated carbocycles. The number of aliphatic hydroxyl groups is 1. The van der Waals surface area contributed by atoms with Gasteiger partial charge in [0.2, 0.25) is 0 Å².